The van der Waals surface area contributed by atoms with Gasteiger partial charge < -0.3 is 4.74 Å². The van der Waals surface area contributed by atoms with Crippen LogP contribution in [0.1, 0.15) is 17.3 Å². The summed E-state index contributed by atoms with van der Waals surface area (Å²) in [4.78, 5) is 15.5. The first-order chi connectivity index (χ1) is 10.3. The molecule has 0 aliphatic rings. The number of aliphatic imine (C=N–C) groups is 1. The van der Waals surface area contributed by atoms with E-state index in [4.69, 9.17) is 5.26 Å². The Balaban J connectivity index is 3.36. The van der Waals surface area contributed by atoms with Crippen LogP contribution in [0.25, 0.3) is 0 Å². The number of hydrogen-bond acceptors (Lipinski definition) is 4. The molecule has 0 bridgehead atoms. The first-order valence-corrected chi connectivity index (χ1v) is 5.89. The molecule has 0 aliphatic carbocycles. The van der Waals surface area contributed by atoms with E-state index in [-0.39, 0.29) is 12.6 Å². The molecule has 0 saturated carbocycles. The van der Waals surface area contributed by atoms with Crippen LogP contribution in [0.15, 0.2) is 11.1 Å². The molecule has 1 aromatic rings. The van der Waals surface area contributed by atoms with Gasteiger partial charge in [-0.2, -0.15) is 18.4 Å². The summed E-state index contributed by atoms with van der Waals surface area (Å²) in [5, 5.41) is 8.81. The number of benzene rings is 1. The van der Waals surface area contributed by atoms with Crippen molar-refractivity contribution in [3.05, 3.63) is 29.1 Å². The predicted octanol–water partition coefficient (Wildman–Crippen LogP) is 3.12. The minimum Gasteiger partial charge on any atom is -0.428 e. The average Bonchev–Trinajstić information content (AvgIpc) is 2.47. The van der Waals surface area contributed by atoms with Crippen molar-refractivity contribution in [2.24, 2.45) is 10.9 Å². The van der Waals surface area contributed by atoms with Crippen LogP contribution in [0.4, 0.5) is 22.0 Å². The van der Waals surface area contributed by atoms with Crippen molar-refractivity contribution in [3.63, 3.8) is 0 Å². The minimum atomic E-state index is -3.62. The maximum absolute atomic E-state index is 13.9. The van der Waals surface area contributed by atoms with Crippen LogP contribution in [0, 0.1) is 34.7 Å². The smallest absolute Gasteiger partial charge is 0.387 e. The number of Topliss-reactive ketones (excluding diaryl/α,β-unsaturated/α-hetero) is 1. The summed E-state index contributed by atoms with van der Waals surface area (Å²) >= 11 is 0. The second-order valence-electron chi connectivity index (χ2n) is 3.86. The highest BCUT2D eigenvalue weighted by Crippen LogP contribution is 2.29. The molecule has 9 heteroatoms. The monoisotopic (exact) mass is 320 g/mol. The van der Waals surface area contributed by atoms with Gasteiger partial charge in [-0.3, -0.25) is 9.79 Å². The average molecular weight is 320 g/mol. The second kappa shape index (κ2) is 7.49. The number of nitrogens with zero attached hydrogens (tertiary/aromatic N) is 2. The van der Waals surface area contributed by atoms with Gasteiger partial charge in [0.1, 0.15) is 5.92 Å². The fourth-order valence-corrected chi connectivity index (χ4v) is 1.49. The van der Waals surface area contributed by atoms with Crippen LogP contribution in [-0.4, -0.2) is 25.2 Å². The number of hydrogen-bond donors (Lipinski definition) is 0. The van der Waals surface area contributed by atoms with E-state index in [1.165, 1.54) is 6.07 Å². The third kappa shape index (κ3) is 3.78. The lowest BCUT2D eigenvalue weighted by molar-refractivity contribution is -0.0551. The molecule has 1 aromatic carbocycles. The van der Waals surface area contributed by atoms with Gasteiger partial charge in [-0.25, -0.2) is 8.78 Å². The zero-order chi connectivity index (χ0) is 16.9. The number of alkyl halides is 2. The van der Waals surface area contributed by atoms with Crippen LogP contribution in [0.5, 0.6) is 5.75 Å². The molecule has 0 fully saturated rings. The van der Waals surface area contributed by atoms with Gasteiger partial charge in [0.25, 0.3) is 0 Å². The SMILES string of the molecule is CCN=CC(C#N)C(=O)c1cc(F)c(F)c(OC(F)F)c1F. The van der Waals surface area contributed by atoms with Crippen LogP contribution >= 0.6 is 0 Å². The molecule has 22 heavy (non-hydrogen) atoms. The summed E-state index contributed by atoms with van der Waals surface area (Å²) in [6.45, 7) is -1.80. The van der Waals surface area contributed by atoms with E-state index in [0.29, 0.717) is 0 Å². The third-order valence-corrected chi connectivity index (χ3v) is 2.45. The molecule has 1 unspecified atom stereocenters. The normalized spacial score (nSPS) is 12.5. The summed E-state index contributed by atoms with van der Waals surface area (Å²) < 4.78 is 68.2. The topological polar surface area (TPSA) is 62.5 Å². The number of ketones is 1. The van der Waals surface area contributed by atoms with Gasteiger partial charge in [0.05, 0.1) is 11.6 Å². The summed E-state index contributed by atoms with van der Waals surface area (Å²) in [5.74, 6) is -10.1. The van der Waals surface area contributed by atoms with Crippen molar-refractivity contribution in [1.82, 2.24) is 0 Å². The van der Waals surface area contributed by atoms with Crippen molar-refractivity contribution >= 4 is 12.0 Å². The Morgan fingerprint density at radius 1 is 1.41 bits per heavy atom. The molecule has 0 amide bonds. The molecular weight excluding hydrogens is 311 g/mol. The largest absolute Gasteiger partial charge is 0.428 e. The lowest BCUT2D eigenvalue weighted by Crippen LogP contribution is -2.18. The first-order valence-electron chi connectivity index (χ1n) is 5.89. The summed E-state index contributed by atoms with van der Waals surface area (Å²) in [7, 11) is 0. The highest BCUT2D eigenvalue weighted by Gasteiger charge is 2.29. The zero-order valence-electron chi connectivity index (χ0n) is 11.1. The van der Waals surface area contributed by atoms with E-state index in [1.54, 1.807) is 6.92 Å². The highest BCUT2D eigenvalue weighted by molar-refractivity contribution is 6.08. The Hall–Kier alpha value is -2.50. The van der Waals surface area contributed by atoms with E-state index in [0.717, 1.165) is 6.21 Å². The molecule has 1 rings (SSSR count). The molecule has 0 heterocycles. The lowest BCUT2D eigenvalue weighted by Gasteiger charge is -2.11. The summed E-state index contributed by atoms with van der Waals surface area (Å²) in [6, 6.07) is 1.66. The number of carbonyl (C=O) groups is 1. The fourth-order valence-electron chi connectivity index (χ4n) is 1.49. The molecule has 0 radical (unpaired) electrons. The second-order valence-corrected chi connectivity index (χ2v) is 3.86. The van der Waals surface area contributed by atoms with E-state index in [2.05, 4.69) is 9.73 Å². The summed E-state index contributed by atoms with van der Waals surface area (Å²) in [5.41, 5.74) is -1.08. The number of ether oxygens (including phenoxy) is 1. The van der Waals surface area contributed by atoms with Crippen LogP contribution in [-0.2, 0) is 0 Å². The van der Waals surface area contributed by atoms with Crippen molar-refractivity contribution < 1.29 is 31.5 Å². The maximum atomic E-state index is 13.9. The van der Waals surface area contributed by atoms with Gasteiger partial charge in [0.15, 0.2) is 17.4 Å². The molecule has 0 N–H and O–H groups in total. The van der Waals surface area contributed by atoms with Crippen molar-refractivity contribution in [3.8, 4) is 11.8 Å². The third-order valence-electron chi connectivity index (χ3n) is 2.45. The number of halogens is 5. The Kier molecular flexibility index (Phi) is 5.98. The molecule has 0 aromatic heterocycles. The molecular formula is C13H9F5N2O2. The Morgan fingerprint density at radius 2 is 2.05 bits per heavy atom. The van der Waals surface area contributed by atoms with Gasteiger partial charge in [-0.05, 0) is 13.0 Å². The Bertz CT molecular complexity index is 640. The highest BCUT2D eigenvalue weighted by atomic mass is 19.3. The lowest BCUT2D eigenvalue weighted by atomic mass is 9.98. The van der Waals surface area contributed by atoms with Gasteiger partial charge >= 0.3 is 6.61 Å². The van der Waals surface area contributed by atoms with Gasteiger partial charge in [-0.1, -0.05) is 0 Å². The predicted molar refractivity (Wildman–Crippen MR) is 65.4 cm³/mol. The molecule has 118 valence electrons. The molecule has 1 atom stereocenters. The van der Waals surface area contributed by atoms with Crippen molar-refractivity contribution in [2.75, 3.05) is 6.54 Å². The van der Waals surface area contributed by atoms with Crippen LogP contribution in [0.2, 0.25) is 0 Å². The van der Waals surface area contributed by atoms with Gasteiger partial charge in [0, 0.05) is 12.8 Å². The standard InChI is InChI=1S/C13H9F5N2O2/c1-2-20-5-6(4-19)11(21)7-3-8(14)10(16)12(9(7)15)22-13(17)18/h3,5-6,13H,2H2,1H3. The molecule has 0 saturated heterocycles. The van der Waals surface area contributed by atoms with Gasteiger partial charge in [-0.15, -0.1) is 0 Å². The minimum absolute atomic E-state index is 0.176. The van der Waals surface area contributed by atoms with E-state index >= 15 is 0 Å². The first kappa shape index (κ1) is 17.6. The quantitative estimate of drug-likeness (QED) is 0.350. The Morgan fingerprint density at radius 3 is 2.55 bits per heavy atom. The fraction of sp³-hybridized carbons (Fsp3) is 0.308. The van der Waals surface area contributed by atoms with E-state index in [9.17, 15) is 26.7 Å². The number of rotatable bonds is 6. The molecule has 0 spiro atoms. The summed E-state index contributed by atoms with van der Waals surface area (Å²) in [6.07, 6.45) is 0.899. The maximum Gasteiger partial charge on any atom is 0.387 e. The number of carbonyl (C=O) groups excluding carboxylic acids is 1. The van der Waals surface area contributed by atoms with Gasteiger partial charge in [0.2, 0.25) is 11.6 Å². The van der Waals surface area contributed by atoms with E-state index in [1.807, 2.05) is 0 Å². The van der Waals surface area contributed by atoms with Crippen LogP contribution in [0.3, 0.4) is 0 Å². The van der Waals surface area contributed by atoms with E-state index < -0.39 is 47.1 Å². The molecule has 0 aliphatic heterocycles. The van der Waals surface area contributed by atoms with Crippen molar-refractivity contribution in [1.29, 1.82) is 5.26 Å². The van der Waals surface area contributed by atoms with Crippen LogP contribution < -0.4 is 4.74 Å². The zero-order valence-corrected chi connectivity index (χ0v) is 11.1. The Labute approximate surface area is 121 Å². The molecule has 4 nitrogen and oxygen atoms in total. The number of nitriles is 1. The van der Waals surface area contributed by atoms with Crippen molar-refractivity contribution in [2.45, 2.75) is 13.5 Å².